The molecule has 3 aromatic carbocycles. The highest BCUT2D eigenvalue weighted by molar-refractivity contribution is 7.85. The third kappa shape index (κ3) is 7.78. The minimum atomic E-state index is -4.20. The molecule has 0 radical (unpaired) electrons. The van der Waals surface area contributed by atoms with Crippen LogP contribution in [0.2, 0.25) is 0 Å². The molecule has 0 saturated carbocycles. The number of amides is 2. The Labute approximate surface area is 262 Å². The minimum Gasteiger partial charge on any atom is -0.476 e. The number of carbonyl (C=O) groups is 2. The van der Waals surface area contributed by atoms with Gasteiger partial charge < -0.3 is 14.5 Å². The number of anilines is 2. The molecule has 1 heterocycles. The van der Waals surface area contributed by atoms with E-state index < -0.39 is 33.8 Å². The van der Waals surface area contributed by atoms with E-state index in [-0.39, 0.29) is 17.5 Å². The fourth-order valence-corrected chi connectivity index (χ4v) is 5.13. The molecule has 0 aromatic heterocycles. The fraction of sp³-hybridized carbons (Fsp3) is 0.200. The summed E-state index contributed by atoms with van der Waals surface area (Å²) in [6.45, 7) is 6.09. The number of rotatable bonds is 10. The van der Waals surface area contributed by atoms with Crippen molar-refractivity contribution in [1.29, 1.82) is 0 Å². The lowest BCUT2D eigenvalue weighted by molar-refractivity contribution is -0.125. The Hall–Kier alpha value is -4.93. The van der Waals surface area contributed by atoms with Crippen LogP contribution >= 0.6 is 0 Å². The summed E-state index contributed by atoms with van der Waals surface area (Å²) in [5.41, 5.74) is 3.37. The molecular formula is C35H34N2O7S. The first-order valence-corrected chi connectivity index (χ1v) is 16.0. The van der Waals surface area contributed by atoms with Gasteiger partial charge in [0.05, 0.1) is 11.4 Å². The summed E-state index contributed by atoms with van der Waals surface area (Å²) < 4.78 is 43.4. The maximum Gasteiger partial charge on any atom is 0.279 e. The van der Waals surface area contributed by atoms with E-state index in [1.807, 2.05) is 78.9 Å². The quantitative estimate of drug-likeness (QED) is 0.164. The Morgan fingerprint density at radius 1 is 0.867 bits per heavy atom. The molecule has 1 aliphatic carbocycles. The predicted octanol–water partition coefficient (Wildman–Crippen LogP) is 6.78. The molecular weight excluding hydrogens is 592 g/mol. The Morgan fingerprint density at radius 2 is 1.56 bits per heavy atom. The van der Waals surface area contributed by atoms with Gasteiger partial charge in [0.2, 0.25) is 12.0 Å². The van der Waals surface area contributed by atoms with Crippen LogP contribution in [0.1, 0.15) is 48.4 Å². The molecule has 0 fully saturated rings. The smallest absolute Gasteiger partial charge is 0.279 e. The zero-order valence-corrected chi connectivity index (χ0v) is 26.0. The van der Waals surface area contributed by atoms with Gasteiger partial charge >= 0.3 is 0 Å². The highest BCUT2D eigenvalue weighted by Gasteiger charge is 2.32. The Bertz CT molecular complexity index is 1840. The fourth-order valence-electron chi connectivity index (χ4n) is 4.77. The lowest BCUT2D eigenvalue weighted by Crippen LogP contribution is -2.34. The summed E-state index contributed by atoms with van der Waals surface area (Å²) in [6, 6.07) is 32.3. The first-order chi connectivity index (χ1) is 21.4. The van der Waals surface area contributed by atoms with Crippen molar-refractivity contribution in [1.82, 2.24) is 5.32 Å². The zero-order chi connectivity index (χ0) is 32.2. The van der Waals surface area contributed by atoms with E-state index in [1.54, 1.807) is 18.2 Å². The van der Waals surface area contributed by atoms with Crippen LogP contribution in [-0.2, 0) is 20.3 Å². The molecule has 3 aromatic rings. The van der Waals surface area contributed by atoms with Crippen LogP contribution in [0.5, 0.6) is 5.75 Å². The van der Waals surface area contributed by atoms with Gasteiger partial charge in [-0.25, -0.2) is 4.90 Å². The van der Waals surface area contributed by atoms with Crippen LogP contribution in [0.15, 0.2) is 114 Å². The summed E-state index contributed by atoms with van der Waals surface area (Å²) in [5.74, 6) is -0.220. The average molecular weight is 627 g/mol. The molecule has 0 saturated heterocycles. The second-order valence-electron chi connectivity index (χ2n) is 11.6. The van der Waals surface area contributed by atoms with Gasteiger partial charge in [0.15, 0.2) is 0 Å². The van der Waals surface area contributed by atoms with E-state index >= 15 is 0 Å². The van der Waals surface area contributed by atoms with Crippen LogP contribution in [0, 0.1) is 0 Å². The van der Waals surface area contributed by atoms with E-state index in [1.165, 1.54) is 17.0 Å². The van der Waals surface area contributed by atoms with Crippen molar-refractivity contribution in [2.75, 3.05) is 17.2 Å². The maximum atomic E-state index is 14.6. The van der Waals surface area contributed by atoms with Crippen LogP contribution < -0.4 is 15.0 Å². The minimum absolute atomic E-state index is 0.0967. The number of fused-ring (bicyclic) bond motifs is 1. The largest absolute Gasteiger partial charge is 0.476 e. The highest BCUT2D eigenvalue weighted by atomic mass is 32.2. The first kappa shape index (κ1) is 31.5. The number of carbonyl (C=O) groups excluding carboxylic acids is 2. The second-order valence-corrected chi connectivity index (χ2v) is 13.1. The van der Waals surface area contributed by atoms with Crippen molar-refractivity contribution < 1.29 is 31.7 Å². The number of nitrogens with one attached hydrogen (secondary N) is 1. The van der Waals surface area contributed by atoms with Crippen molar-refractivity contribution in [3.8, 4) is 17.1 Å². The monoisotopic (exact) mass is 626 g/mol. The van der Waals surface area contributed by atoms with E-state index in [9.17, 15) is 18.0 Å². The molecule has 232 valence electrons. The normalized spacial score (nSPS) is 12.4. The Balaban J connectivity index is 1.49. The Morgan fingerprint density at radius 3 is 2.20 bits per heavy atom. The molecule has 1 unspecified atom stereocenters. The van der Waals surface area contributed by atoms with E-state index in [0.717, 1.165) is 11.1 Å². The van der Waals surface area contributed by atoms with Crippen LogP contribution in [0.4, 0.5) is 11.6 Å². The summed E-state index contributed by atoms with van der Waals surface area (Å²) in [7, 11) is -4.20. The van der Waals surface area contributed by atoms with Crippen LogP contribution in [0.3, 0.4) is 0 Å². The summed E-state index contributed by atoms with van der Waals surface area (Å²) in [5, 5.41) is 2.45. The van der Waals surface area contributed by atoms with Crippen molar-refractivity contribution in [3.63, 3.8) is 0 Å². The number of ether oxygens (including phenoxy) is 1. The van der Waals surface area contributed by atoms with Crippen LogP contribution in [-0.4, -0.2) is 37.1 Å². The third-order valence-corrected chi connectivity index (χ3v) is 7.92. The lowest BCUT2D eigenvalue weighted by Gasteiger charge is -2.28. The van der Waals surface area contributed by atoms with Crippen molar-refractivity contribution in [3.05, 3.63) is 126 Å². The predicted molar refractivity (Wildman–Crippen MR) is 173 cm³/mol. The molecule has 45 heavy (non-hydrogen) atoms. The SMILES string of the molecule is CC(C)(C)c1ccc(C(Oc2ccc(C(=O)NCCS(=O)(=O)O)cc2)C(=O)N(c2ccccc2)c2ccc3cccc-3o2)cc1. The molecule has 1 aliphatic heterocycles. The number of hydrogen-bond acceptors (Lipinski definition) is 6. The van der Waals surface area contributed by atoms with Gasteiger partial charge in [0.25, 0.3) is 21.9 Å². The standard InChI is InChI=1S/C35H34N2O7S/c1-35(2,3)27-17-12-25(13-18-27)32(43-29-19-14-26(15-20-29)33(38)36-22-23-45(40,41)42)34(39)37(28-9-5-4-6-10-28)31-21-16-24-8-7-11-30(24)44-31/h4-21,32H,22-23H2,1-3H3,(H,36,38)(H,40,41,42). The number of nitrogens with zero attached hydrogens (tertiary/aromatic N) is 1. The topological polar surface area (TPSA) is 126 Å². The maximum absolute atomic E-state index is 14.6. The van der Waals surface area contributed by atoms with Gasteiger partial charge in [-0.15, -0.1) is 0 Å². The van der Waals surface area contributed by atoms with Gasteiger partial charge in [-0.1, -0.05) is 75.4 Å². The van der Waals surface area contributed by atoms with E-state index in [2.05, 4.69) is 26.1 Å². The molecule has 9 nitrogen and oxygen atoms in total. The first-order valence-electron chi connectivity index (χ1n) is 14.4. The molecule has 2 N–H and O–H groups in total. The molecule has 2 amide bonds. The number of benzene rings is 3. The second kappa shape index (κ2) is 13.0. The summed E-state index contributed by atoms with van der Waals surface area (Å²) in [4.78, 5) is 28.6. The lowest BCUT2D eigenvalue weighted by atomic mass is 9.86. The summed E-state index contributed by atoms with van der Waals surface area (Å²) >= 11 is 0. The van der Waals surface area contributed by atoms with Gasteiger partial charge in [-0.3, -0.25) is 14.1 Å². The van der Waals surface area contributed by atoms with Gasteiger partial charge in [0.1, 0.15) is 11.5 Å². The summed E-state index contributed by atoms with van der Waals surface area (Å²) in [6.07, 6.45) is -1.10. The zero-order valence-electron chi connectivity index (χ0n) is 25.1. The molecule has 0 spiro atoms. The van der Waals surface area contributed by atoms with E-state index in [0.29, 0.717) is 28.6 Å². The average Bonchev–Trinajstić information content (AvgIpc) is 3.48. The van der Waals surface area contributed by atoms with Crippen molar-refractivity contribution in [2.24, 2.45) is 0 Å². The van der Waals surface area contributed by atoms with Crippen LogP contribution in [0.25, 0.3) is 11.3 Å². The molecule has 2 aliphatic rings. The van der Waals surface area contributed by atoms with Crippen molar-refractivity contribution >= 4 is 33.5 Å². The number of hydrogen-bond donors (Lipinski definition) is 2. The van der Waals surface area contributed by atoms with Crippen molar-refractivity contribution in [2.45, 2.75) is 32.3 Å². The molecule has 5 rings (SSSR count). The third-order valence-electron chi connectivity index (χ3n) is 7.20. The van der Waals surface area contributed by atoms with Gasteiger partial charge in [-0.2, -0.15) is 8.42 Å². The highest BCUT2D eigenvalue weighted by Crippen LogP contribution is 2.36. The Kier molecular flexibility index (Phi) is 9.08. The molecule has 10 heteroatoms. The van der Waals surface area contributed by atoms with E-state index in [4.69, 9.17) is 13.7 Å². The molecule has 0 bridgehead atoms. The number of para-hydroxylation sites is 1. The van der Waals surface area contributed by atoms with Gasteiger partial charge in [0, 0.05) is 29.3 Å². The molecule has 1 atom stereocenters. The van der Waals surface area contributed by atoms with Gasteiger partial charge in [-0.05, 0) is 59.5 Å².